The second kappa shape index (κ2) is 6.28. The van der Waals surface area contributed by atoms with Crippen LogP contribution in [0.15, 0.2) is 42.5 Å². The minimum Gasteiger partial charge on any atom is -0.372 e. The Morgan fingerprint density at radius 3 is 2.48 bits per heavy atom. The zero-order chi connectivity index (χ0) is 17.4. The van der Waals surface area contributed by atoms with E-state index in [0.717, 1.165) is 35.2 Å². The zero-order valence-corrected chi connectivity index (χ0v) is 14.7. The molecule has 25 heavy (non-hydrogen) atoms. The molecule has 3 aromatic rings. The van der Waals surface area contributed by atoms with Crippen molar-refractivity contribution in [2.75, 3.05) is 23.3 Å². The van der Waals surface area contributed by atoms with Crippen molar-refractivity contribution in [2.24, 2.45) is 0 Å². The number of hydrogen-bond donors (Lipinski definition) is 2. The summed E-state index contributed by atoms with van der Waals surface area (Å²) in [6.45, 7) is 6.30. The number of rotatable bonds is 3. The Kier molecular flexibility index (Phi) is 3.96. The number of nitrogens with one attached hydrogen (secondary N) is 2. The lowest BCUT2D eigenvalue weighted by molar-refractivity contribution is 0.102. The number of amides is 1. The fraction of sp³-hybridized carbons (Fsp3) is 0.286. The predicted molar refractivity (Wildman–Crippen MR) is 104 cm³/mol. The molecule has 1 amide bonds. The number of aromatic amines is 1. The van der Waals surface area contributed by atoms with Gasteiger partial charge in [0.2, 0.25) is 0 Å². The molecule has 0 spiro atoms. The van der Waals surface area contributed by atoms with Crippen molar-refractivity contribution >= 4 is 28.2 Å². The molecule has 2 N–H and O–H groups in total. The Bertz CT molecular complexity index is 918. The van der Waals surface area contributed by atoms with Crippen molar-refractivity contribution < 1.29 is 4.79 Å². The van der Waals surface area contributed by atoms with E-state index in [1.54, 1.807) is 0 Å². The van der Waals surface area contributed by atoms with Crippen LogP contribution in [0.2, 0.25) is 0 Å². The lowest BCUT2D eigenvalue weighted by Gasteiger charge is -2.17. The highest BCUT2D eigenvalue weighted by Gasteiger charge is 2.16. The molecule has 4 rings (SSSR count). The Morgan fingerprint density at radius 2 is 1.76 bits per heavy atom. The van der Waals surface area contributed by atoms with Crippen molar-refractivity contribution in [3.63, 3.8) is 0 Å². The lowest BCUT2D eigenvalue weighted by Crippen LogP contribution is -2.17. The van der Waals surface area contributed by atoms with Gasteiger partial charge in [-0.1, -0.05) is 11.6 Å². The molecule has 2 aromatic carbocycles. The summed E-state index contributed by atoms with van der Waals surface area (Å²) in [6.07, 6.45) is 2.52. The molecule has 4 nitrogen and oxygen atoms in total. The molecular weight excluding hydrogens is 310 g/mol. The van der Waals surface area contributed by atoms with Crippen molar-refractivity contribution in [1.82, 2.24) is 4.98 Å². The van der Waals surface area contributed by atoms with Gasteiger partial charge in [-0.2, -0.15) is 0 Å². The van der Waals surface area contributed by atoms with Gasteiger partial charge in [-0.3, -0.25) is 4.79 Å². The minimum atomic E-state index is -0.0970. The average molecular weight is 333 g/mol. The summed E-state index contributed by atoms with van der Waals surface area (Å²) < 4.78 is 0. The van der Waals surface area contributed by atoms with E-state index >= 15 is 0 Å². The normalized spacial score (nSPS) is 14.2. The van der Waals surface area contributed by atoms with Crippen LogP contribution in [0.3, 0.4) is 0 Å². The first-order chi connectivity index (χ1) is 12.1. The van der Waals surface area contributed by atoms with E-state index in [1.165, 1.54) is 24.1 Å². The van der Waals surface area contributed by atoms with Crippen molar-refractivity contribution in [3.05, 3.63) is 59.3 Å². The van der Waals surface area contributed by atoms with Crippen LogP contribution in [0.4, 0.5) is 11.4 Å². The molecule has 4 heteroatoms. The molecule has 1 aliphatic rings. The maximum Gasteiger partial charge on any atom is 0.272 e. The van der Waals surface area contributed by atoms with Crippen LogP contribution in [0.1, 0.15) is 34.5 Å². The number of anilines is 2. The molecule has 0 unspecified atom stereocenters. The first kappa shape index (κ1) is 15.8. The fourth-order valence-electron chi connectivity index (χ4n) is 3.59. The largest absolute Gasteiger partial charge is 0.372 e. The van der Waals surface area contributed by atoms with Crippen molar-refractivity contribution in [3.8, 4) is 0 Å². The first-order valence-electron chi connectivity index (χ1n) is 8.87. The minimum absolute atomic E-state index is 0.0970. The van der Waals surface area contributed by atoms with Gasteiger partial charge < -0.3 is 15.2 Å². The smallest absolute Gasteiger partial charge is 0.272 e. The number of aryl methyl sites for hydroxylation is 2. The van der Waals surface area contributed by atoms with Crippen molar-refractivity contribution in [2.45, 2.75) is 26.7 Å². The van der Waals surface area contributed by atoms with Gasteiger partial charge in [-0.05, 0) is 68.7 Å². The molecule has 0 aliphatic carbocycles. The molecular formula is C21H23N3O. The zero-order valence-electron chi connectivity index (χ0n) is 14.7. The molecule has 1 saturated heterocycles. The van der Waals surface area contributed by atoms with E-state index in [4.69, 9.17) is 0 Å². The highest BCUT2D eigenvalue weighted by Crippen LogP contribution is 2.25. The lowest BCUT2D eigenvalue weighted by atomic mass is 10.1. The third-order valence-electron chi connectivity index (χ3n) is 5.04. The van der Waals surface area contributed by atoms with Crippen LogP contribution in [0.25, 0.3) is 10.9 Å². The summed E-state index contributed by atoms with van der Waals surface area (Å²) >= 11 is 0. The van der Waals surface area contributed by atoms with Crippen molar-refractivity contribution in [1.29, 1.82) is 0 Å². The molecule has 0 atom stereocenters. The van der Waals surface area contributed by atoms with E-state index in [2.05, 4.69) is 46.4 Å². The van der Waals surface area contributed by atoms with Gasteiger partial charge in [0.1, 0.15) is 5.69 Å². The number of nitrogens with zero attached hydrogens (tertiary/aromatic N) is 1. The maximum absolute atomic E-state index is 12.7. The van der Waals surface area contributed by atoms with Crippen LogP contribution < -0.4 is 10.2 Å². The molecule has 0 radical (unpaired) electrons. The highest BCUT2D eigenvalue weighted by molar-refractivity contribution is 6.07. The molecule has 0 saturated carbocycles. The number of carbonyl (C=O) groups is 1. The van der Waals surface area contributed by atoms with Gasteiger partial charge in [-0.25, -0.2) is 0 Å². The molecule has 2 heterocycles. The van der Waals surface area contributed by atoms with Crippen LogP contribution in [-0.4, -0.2) is 24.0 Å². The molecule has 128 valence electrons. The van der Waals surface area contributed by atoms with E-state index in [9.17, 15) is 4.79 Å². The van der Waals surface area contributed by atoms with E-state index < -0.39 is 0 Å². The van der Waals surface area contributed by atoms with Crippen LogP contribution >= 0.6 is 0 Å². The molecule has 1 aliphatic heterocycles. The monoisotopic (exact) mass is 333 g/mol. The number of carbonyl (C=O) groups excluding carboxylic acids is 1. The Hall–Kier alpha value is -2.75. The Balaban J connectivity index is 1.54. The maximum atomic E-state index is 12.7. The number of H-pyrrole nitrogens is 1. The Morgan fingerprint density at radius 1 is 1.04 bits per heavy atom. The summed E-state index contributed by atoms with van der Waals surface area (Å²) in [4.78, 5) is 18.3. The summed E-state index contributed by atoms with van der Waals surface area (Å²) in [5.74, 6) is -0.0970. The average Bonchev–Trinajstić information content (AvgIpc) is 3.25. The third kappa shape index (κ3) is 3.00. The topological polar surface area (TPSA) is 48.1 Å². The van der Waals surface area contributed by atoms with Crippen LogP contribution in [-0.2, 0) is 0 Å². The van der Waals surface area contributed by atoms with Crippen LogP contribution in [0.5, 0.6) is 0 Å². The van der Waals surface area contributed by atoms with Gasteiger partial charge in [-0.15, -0.1) is 0 Å². The molecule has 0 bridgehead atoms. The molecule has 1 aromatic heterocycles. The second-order valence-electron chi connectivity index (χ2n) is 6.87. The Labute approximate surface area is 147 Å². The van der Waals surface area contributed by atoms with Gasteiger partial charge in [0, 0.05) is 35.4 Å². The summed E-state index contributed by atoms with van der Waals surface area (Å²) in [7, 11) is 0. The van der Waals surface area contributed by atoms with E-state index in [-0.39, 0.29) is 5.91 Å². The third-order valence-corrected chi connectivity index (χ3v) is 5.04. The first-order valence-corrected chi connectivity index (χ1v) is 8.87. The SMILES string of the molecule is Cc1ccc2[nH]c(C(=O)Nc3ccc(N4CCCC4)cc3)c(C)c2c1. The van der Waals surface area contributed by atoms with E-state index in [1.807, 2.05) is 25.1 Å². The quantitative estimate of drug-likeness (QED) is 0.734. The standard InChI is InChI=1S/C21H23N3O/c1-14-5-10-19-18(13-14)15(2)20(23-19)21(25)22-16-6-8-17(9-7-16)24-11-3-4-12-24/h5-10,13,23H,3-4,11-12H2,1-2H3,(H,22,25). The number of aromatic nitrogens is 1. The van der Waals surface area contributed by atoms with Gasteiger partial charge in [0.05, 0.1) is 0 Å². The predicted octanol–water partition coefficient (Wildman–Crippen LogP) is 4.64. The number of hydrogen-bond acceptors (Lipinski definition) is 2. The van der Waals surface area contributed by atoms with Gasteiger partial charge >= 0.3 is 0 Å². The molecule has 1 fully saturated rings. The van der Waals surface area contributed by atoms with Crippen LogP contribution in [0, 0.1) is 13.8 Å². The highest BCUT2D eigenvalue weighted by atomic mass is 16.1. The summed E-state index contributed by atoms with van der Waals surface area (Å²) in [6, 6.07) is 14.3. The van der Waals surface area contributed by atoms with E-state index in [0.29, 0.717) is 5.69 Å². The second-order valence-corrected chi connectivity index (χ2v) is 6.87. The van der Waals surface area contributed by atoms with Gasteiger partial charge in [0.15, 0.2) is 0 Å². The number of fused-ring (bicyclic) bond motifs is 1. The summed E-state index contributed by atoms with van der Waals surface area (Å²) in [5, 5.41) is 4.11. The summed E-state index contributed by atoms with van der Waals surface area (Å²) in [5.41, 5.74) is 5.86. The number of benzene rings is 2. The van der Waals surface area contributed by atoms with Gasteiger partial charge in [0.25, 0.3) is 5.91 Å². The fourth-order valence-corrected chi connectivity index (χ4v) is 3.59.